The van der Waals surface area contributed by atoms with Gasteiger partial charge >= 0.3 is 12.0 Å². The maximum absolute atomic E-state index is 12.2. The summed E-state index contributed by atoms with van der Waals surface area (Å²) in [4.78, 5) is 37.9. The third kappa shape index (κ3) is 4.44. The third-order valence-corrected chi connectivity index (χ3v) is 3.71. The van der Waals surface area contributed by atoms with Gasteiger partial charge in [0.25, 0.3) is 0 Å². The fourth-order valence-corrected chi connectivity index (χ4v) is 2.50. The van der Waals surface area contributed by atoms with Gasteiger partial charge in [0.1, 0.15) is 6.54 Å². The van der Waals surface area contributed by atoms with Crippen molar-refractivity contribution in [1.29, 1.82) is 0 Å². The van der Waals surface area contributed by atoms with Crippen LogP contribution in [0.4, 0.5) is 10.6 Å². The quantitative estimate of drug-likeness (QED) is 0.828. The molecule has 9 heteroatoms. The Kier molecular flexibility index (Phi) is 5.20. The number of aromatic nitrogens is 2. The smallest absolute Gasteiger partial charge is 0.325 e. The number of carbonyl (C=O) groups is 3. The van der Waals surface area contributed by atoms with E-state index in [9.17, 15) is 14.4 Å². The molecule has 23 heavy (non-hydrogen) atoms. The van der Waals surface area contributed by atoms with Crippen LogP contribution in [0.25, 0.3) is 0 Å². The molecule has 0 radical (unpaired) electrons. The molecule has 126 valence electrons. The minimum absolute atomic E-state index is 0.0451. The van der Waals surface area contributed by atoms with Crippen LogP contribution in [0.3, 0.4) is 0 Å². The predicted octanol–water partition coefficient (Wildman–Crippen LogP) is 0.300. The molecule has 0 bridgehead atoms. The fraction of sp³-hybridized carbons (Fsp3) is 0.571. The van der Waals surface area contributed by atoms with Crippen molar-refractivity contribution in [3.8, 4) is 0 Å². The van der Waals surface area contributed by atoms with E-state index in [1.54, 1.807) is 25.1 Å². The van der Waals surface area contributed by atoms with E-state index in [1.807, 2.05) is 0 Å². The lowest BCUT2D eigenvalue weighted by atomic mass is 9.96. The highest BCUT2D eigenvalue weighted by atomic mass is 16.4. The van der Waals surface area contributed by atoms with Crippen molar-refractivity contribution in [2.45, 2.75) is 19.4 Å². The molecule has 1 aliphatic rings. The molecule has 1 aliphatic heterocycles. The van der Waals surface area contributed by atoms with Gasteiger partial charge in [0.05, 0.1) is 0 Å². The maximum Gasteiger partial charge on any atom is 0.325 e. The number of hydrogen-bond donors (Lipinski definition) is 2. The van der Waals surface area contributed by atoms with Crippen LogP contribution in [0.2, 0.25) is 0 Å². The molecule has 1 fully saturated rings. The highest BCUT2D eigenvalue weighted by molar-refractivity contribution is 5.91. The van der Waals surface area contributed by atoms with Crippen LogP contribution in [0.5, 0.6) is 0 Å². The first-order chi connectivity index (χ1) is 10.9. The number of hydrogen-bond acceptors (Lipinski definition) is 4. The second kappa shape index (κ2) is 7.12. The van der Waals surface area contributed by atoms with Crippen LogP contribution in [-0.4, -0.2) is 69.8 Å². The topological polar surface area (TPSA) is 108 Å². The van der Waals surface area contributed by atoms with Crippen molar-refractivity contribution in [1.82, 2.24) is 19.6 Å². The molecular formula is C14H21N5O4. The number of carbonyl (C=O) groups excluding carboxylic acids is 2. The number of nitrogens with zero attached hydrogens (tertiary/aromatic N) is 4. The van der Waals surface area contributed by atoms with Crippen LogP contribution in [0.1, 0.15) is 12.8 Å². The van der Waals surface area contributed by atoms with Gasteiger partial charge in [-0.15, -0.1) is 0 Å². The normalized spacial score (nSPS) is 15.3. The lowest BCUT2D eigenvalue weighted by Gasteiger charge is -2.32. The summed E-state index contributed by atoms with van der Waals surface area (Å²) in [5, 5.41) is 15.4. The van der Waals surface area contributed by atoms with Crippen LogP contribution in [0, 0.1) is 5.92 Å². The van der Waals surface area contributed by atoms with Crippen molar-refractivity contribution in [2.24, 2.45) is 5.92 Å². The summed E-state index contributed by atoms with van der Waals surface area (Å²) >= 11 is 0. The van der Waals surface area contributed by atoms with Crippen LogP contribution in [-0.2, 0) is 16.1 Å². The number of amides is 3. The third-order valence-electron chi connectivity index (χ3n) is 3.71. The summed E-state index contributed by atoms with van der Waals surface area (Å²) < 4.78 is 1.25. The van der Waals surface area contributed by atoms with Gasteiger partial charge in [0.15, 0.2) is 5.82 Å². The van der Waals surface area contributed by atoms with E-state index >= 15 is 0 Å². The molecule has 1 saturated heterocycles. The average molecular weight is 323 g/mol. The van der Waals surface area contributed by atoms with Crippen molar-refractivity contribution >= 4 is 23.7 Å². The number of nitrogens with one attached hydrogen (secondary N) is 1. The van der Waals surface area contributed by atoms with E-state index in [0.717, 1.165) is 0 Å². The summed E-state index contributed by atoms with van der Waals surface area (Å²) in [6.07, 6.45) is 2.70. The van der Waals surface area contributed by atoms with E-state index in [1.165, 1.54) is 15.8 Å². The molecule has 0 spiro atoms. The molecule has 3 amide bonds. The van der Waals surface area contributed by atoms with Gasteiger partial charge in [0, 0.05) is 45.4 Å². The standard InChI is InChI=1S/C14H21N5O4/c1-17(2)14(23)18-6-3-10(4-7-18)13(22)15-11-5-8-19(16-11)9-12(20)21/h5,8,10H,3-4,6-7,9H2,1-2H3,(H,20,21)(H,15,16,22). The van der Waals surface area contributed by atoms with E-state index in [4.69, 9.17) is 5.11 Å². The molecule has 0 aromatic carbocycles. The number of aliphatic carboxylic acids is 1. The summed E-state index contributed by atoms with van der Waals surface area (Å²) in [5.74, 6) is -0.986. The molecule has 2 rings (SSSR count). The zero-order valence-corrected chi connectivity index (χ0v) is 13.2. The van der Waals surface area contributed by atoms with Crippen LogP contribution < -0.4 is 5.32 Å². The first-order valence-corrected chi connectivity index (χ1v) is 7.39. The number of carboxylic acids is 1. The monoisotopic (exact) mass is 323 g/mol. The molecule has 0 saturated carbocycles. The number of piperidine rings is 1. The summed E-state index contributed by atoms with van der Waals surface area (Å²) in [6.45, 7) is 0.839. The van der Waals surface area contributed by atoms with Crippen molar-refractivity contribution in [3.63, 3.8) is 0 Å². The van der Waals surface area contributed by atoms with Crippen LogP contribution >= 0.6 is 0 Å². The van der Waals surface area contributed by atoms with E-state index < -0.39 is 5.97 Å². The van der Waals surface area contributed by atoms with E-state index in [-0.39, 0.29) is 24.4 Å². The summed E-state index contributed by atoms with van der Waals surface area (Å²) in [7, 11) is 3.41. The van der Waals surface area contributed by atoms with Gasteiger partial charge < -0.3 is 20.2 Å². The van der Waals surface area contributed by atoms with Crippen molar-refractivity contribution < 1.29 is 19.5 Å². The summed E-state index contributed by atoms with van der Waals surface area (Å²) in [5.41, 5.74) is 0. The van der Waals surface area contributed by atoms with Gasteiger partial charge in [0.2, 0.25) is 5.91 Å². The Hall–Kier alpha value is -2.58. The number of rotatable bonds is 4. The summed E-state index contributed by atoms with van der Waals surface area (Å²) in [6, 6.07) is 1.52. The SMILES string of the molecule is CN(C)C(=O)N1CCC(C(=O)Nc2ccn(CC(=O)O)n2)CC1. The zero-order chi connectivity index (χ0) is 17.0. The second-order valence-electron chi connectivity index (χ2n) is 5.72. The lowest BCUT2D eigenvalue weighted by molar-refractivity contribution is -0.137. The molecule has 9 nitrogen and oxygen atoms in total. The van der Waals surface area contributed by atoms with Crippen LogP contribution in [0.15, 0.2) is 12.3 Å². The molecule has 0 unspecified atom stereocenters. The number of urea groups is 1. The minimum Gasteiger partial charge on any atom is -0.480 e. The number of carboxylic acid groups (broad SMARTS) is 1. The maximum atomic E-state index is 12.2. The minimum atomic E-state index is -0.996. The Morgan fingerprint density at radius 2 is 2.00 bits per heavy atom. The Labute approximate surface area is 133 Å². The highest BCUT2D eigenvalue weighted by Crippen LogP contribution is 2.19. The van der Waals surface area contributed by atoms with Crippen molar-refractivity contribution in [2.75, 3.05) is 32.5 Å². The van der Waals surface area contributed by atoms with Crippen molar-refractivity contribution in [3.05, 3.63) is 12.3 Å². The molecule has 2 N–H and O–H groups in total. The molecule has 2 heterocycles. The second-order valence-corrected chi connectivity index (χ2v) is 5.72. The Morgan fingerprint density at radius 1 is 1.35 bits per heavy atom. The average Bonchev–Trinajstić information content (AvgIpc) is 2.92. The fourth-order valence-electron chi connectivity index (χ4n) is 2.50. The van der Waals surface area contributed by atoms with Gasteiger partial charge in [-0.05, 0) is 12.8 Å². The predicted molar refractivity (Wildman–Crippen MR) is 81.9 cm³/mol. The van der Waals surface area contributed by atoms with E-state index in [0.29, 0.717) is 31.7 Å². The molecule has 1 aromatic rings. The largest absolute Gasteiger partial charge is 0.480 e. The van der Waals surface area contributed by atoms with Gasteiger partial charge in [-0.1, -0.05) is 0 Å². The molecular weight excluding hydrogens is 302 g/mol. The van der Waals surface area contributed by atoms with Gasteiger partial charge in [-0.2, -0.15) is 5.10 Å². The Bertz CT molecular complexity index is 590. The Balaban J connectivity index is 1.84. The molecule has 0 atom stereocenters. The number of likely N-dealkylation sites (tertiary alicyclic amines) is 1. The number of anilines is 1. The lowest BCUT2D eigenvalue weighted by Crippen LogP contribution is -2.45. The highest BCUT2D eigenvalue weighted by Gasteiger charge is 2.28. The van der Waals surface area contributed by atoms with Gasteiger partial charge in [-0.3, -0.25) is 14.3 Å². The first-order valence-electron chi connectivity index (χ1n) is 7.39. The molecule has 1 aromatic heterocycles. The van der Waals surface area contributed by atoms with Gasteiger partial charge in [-0.25, -0.2) is 4.79 Å². The zero-order valence-electron chi connectivity index (χ0n) is 13.2. The van der Waals surface area contributed by atoms with E-state index in [2.05, 4.69) is 10.4 Å². The Morgan fingerprint density at radius 3 is 2.57 bits per heavy atom. The molecule has 0 aliphatic carbocycles. The first kappa shape index (κ1) is 16.8.